The van der Waals surface area contributed by atoms with Crippen molar-refractivity contribution in [1.82, 2.24) is 9.80 Å². The number of rotatable bonds is 7. The number of aliphatic hydroxyl groups is 1. The number of likely N-dealkylation sites (tertiary alicyclic amines) is 1. The monoisotopic (exact) mass is 464 g/mol. The molecule has 2 aromatic rings. The average Bonchev–Trinajstić information content (AvgIpc) is 3.12. The number of benzene rings is 2. The fraction of sp³-hybridized carbons (Fsp3) is 0.407. The molecule has 7 heteroatoms. The number of hydrogen-bond acceptors (Lipinski definition) is 6. The van der Waals surface area contributed by atoms with Gasteiger partial charge in [-0.15, -0.1) is 0 Å². The smallest absolute Gasteiger partial charge is 0.295 e. The largest absolute Gasteiger partial charge is 0.507 e. The molecule has 0 bridgehead atoms. The predicted molar refractivity (Wildman–Crippen MR) is 130 cm³/mol. The first-order chi connectivity index (χ1) is 16.4. The molecule has 1 N–H and O–H groups in total. The number of carbonyl (C=O) groups is 2. The van der Waals surface area contributed by atoms with Gasteiger partial charge in [0, 0.05) is 31.7 Å². The molecular weight excluding hydrogens is 432 g/mol. The van der Waals surface area contributed by atoms with Crippen LogP contribution in [0.4, 0.5) is 0 Å². The maximum Gasteiger partial charge on any atom is 0.295 e. The van der Waals surface area contributed by atoms with Crippen molar-refractivity contribution < 1.29 is 24.2 Å². The van der Waals surface area contributed by atoms with Gasteiger partial charge in [0.05, 0.1) is 31.9 Å². The van der Waals surface area contributed by atoms with E-state index in [2.05, 4.69) is 18.7 Å². The van der Waals surface area contributed by atoms with Crippen LogP contribution in [0, 0.1) is 0 Å². The van der Waals surface area contributed by atoms with E-state index in [1.165, 1.54) is 5.56 Å². The van der Waals surface area contributed by atoms with Crippen LogP contribution in [-0.2, 0) is 14.3 Å². The highest BCUT2D eigenvalue weighted by molar-refractivity contribution is 6.46. The number of nitrogens with zero attached hydrogens (tertiary/aromatic N) is 2. The fourth-order valence-electron chi connectivity index (χ4n) is 4.50. The lowest BCUT2D eigenvalue weighted by molar-refractivity contribution is -0.140. The van der Waals surface area contributed by atoms with Crippen LogP contribution in [0.5, 0.6) is 5.75 Å². The van der Waals surface area contributed by atoms with E-state index in [-0.39, 0.29) is 11.3 Å². The summed E-state index contributed by atoms with van der Waals surface area (Å²) >= 11 is 0. The number of morpholine rings is 1. The van der Waals surface area contributed by atoms with Gasteiger partial charge < -0.3 is 19.5 Å². The van der Waals surface area contributed by atoms with Crippen LogP contribution in [0.15, 0.2) is 54.1 Å². The van der Waals surface area contributed by atoms with Crippen molar-refractivity contribution in [3.05, 3.63) is 70.8 Å². The summed E-state index contributed by atoms with van der Waals surface area (Å²) < 4.78 is 10.6. The third-order valence-corrected chi connectivity index (χ3v) is 6.58. The summed E-state index contributed by atoms with van der Waals surface area (Å²) in [6, 6.07) is 14.1. The van der Waals surface area contributed by atoms with Gasteiger partial charge in [-0.05, 0) is 41.3 Å². The Morgan fingerprint density at radius 1 is 1.03 bits per heavy atom. The predicted octanol–water partition coefficient (Wildman–Crippen LogP) is 3.57. The molecule has 1 amide bonds. The molecule has 34 heavy (non-hydrogen) atoms. The zero-order valence-electron chi connectivity index (χ0n) is 20.0. The quantitative estimate of drug-likeness (QED) is 0.383. The molecule has 4 rings (SSSR count). The standard InChI is InChI=1S/C27H32N2O5/c1-18(2)19-4-6-20(7-5-19)24-23(25(30)21-8-10-22(33-3)11-9-21)26(31)27(32)29(24)13-12-28-14-16-34-17-15-28/h4-11,18,24,30H,12-17H2,1-3H3/b25-23-. The van der Waals surface area contributed by atoms with Crippen molar-refractivity contribution in [3.63, 3.8) is 0 Å². The Kier molecular flexibility index (Phi) is 7.34. The van der Waals surface area contributed by atoms with Crippen LogP contribution in [0.25, 0.3) is 5.76 Å². The van der Waals surface area contributed by atoms with E-state index < -0.39 is 17.7 Å². The molecule has 1 atom stereocenters. The highest BCUT2D eigenvalue weighted by atomic mass is 16.5. The van der Waals surface area contributed by atoms with Crippen LogP contribution >= 0.6 is 0 Å². The molecule has 0 radical (unpaired) electrons. The van der Waals surface area contributed by atoms with Crippen molar-refractivity contribution in [2.45, 2.75) is 25.8 Å². The summed E-state index contributed by atoms with van der Waals surface area (Å²) in [5, 5.41) is 11.2. The van der Waals surface area contributed by atoms with Gasteiger partial charge in [-0.1, -0.05) is 38.1 Å². The zero-order chi connectivity index (χ0) is 24.2. The molecule has 2 aromatic carbocycles. The van der Waals surface area contributed by atoms with E-state index in [9.17, 15) is 14.7 Å². The third-order valence-electron chi connectivity index (χ3n) is 6.58. The normalized spacial score (nSPS) is 20.8. The Labute approximate surface area is 200 Å². The Hall–Kier alpha value is -3.16. The number of hydrogen-bond donors (Lipinski definition) is 1. The van der Waals surface area contributed by atoms with Crippen LogP contribution in [0.2, 0.25) is 0 Å². The fourth-order valence-corrected chi connectivity index (χ4v) is 4.50. The summed E-state index contributed by atoms with van der Waals surface area (Å²) in [5.74, 6) is -0.410. The molecule has 1 unspecified atom stereocenters. The molecular formula is C27H32N2O5. The van der Waals surface area contributed by atoms with Gasteiger partial charge in [0.15, 0.2) is 0 Å². The number of ketones is 1. The first kappa shape index (κ1) is 24.0. The number of methoxy groups -OCH3 is 1. The van der Waals surface area contributed by atoms with Crippen LogP contribution in [0.1, 0.15) is 42.5 Å². The number of Topliss-reactive ketones (excluding diaryl/α,β-unsaturated/α-hetero) is 1. The van der Waals surface area contributed by atoms with Crippen molar-refractivity contribution in [2.75, 3.05) is 46.5 Å². The van der Waals surface area contributed by atoms with Gasteiger partial charge in [0.1, 0.15) is 11.5 Å². The molecule has 2 aliphatic rings. The number of amides is 1. The number of carbonyl (C=O) groups excluding carboxylic acids is 2. The lowest BCUT2D eigenvalue weighted by atomic mass is 9.93. The van der Waals surface area contributed by atoms with E-state index in [0.29, 0.717) is 43.5 Å². The van der Waals surface area contributed by atoms with Gasteiger partial charge in [0.25, 0.3) is 11.7 Å². The molecule has 0 aromatic heterocycles. The summed E-state index contributed by atoms with van der Waals surface area (Å²) in [7, 11) is 1.57. The molecule has 0 spiro atoms. The molecule has 2 aliphatic heterocycles. The number of aliphatic hydroxyl groups excluding tert-OH is 1. The van der Waals surface area contributed by atoms with Crippen LogP contribution < -0.4 is 4.74 Å². The molecule has 0 aliphatic carbocycles. The second kappa shape index (κ2) is 10.4. The Bertz CT molecular complexity index is 1050. The SMILES string of the molecule is COc1ccc(/C(O)=C2/C(=O)C(=O)N(CCN3CCOCC3)C2c2ccc(C(C)C)cc2)cc1. The maximum atomic E-state index is 13.2. The van der Waals surface area contributed by atoms with Crippen molar-refractivity contribution >= 4 is 17.4 Å². The first-order valence-corrected chi connectivity index (χ1v) is 11.7. The van der Waals surface area contributed by atoms with Crippen molar-refractivity contribution in [2.24, 2.45) is 0 Å². The molecule has 2 fully saturated rings. The van der Waals surface area contributed by atoms with E-state index in [0.717, 1.165) is 18.7 Å². The highest BCUT2D eigenvalue weighted by Gasteiger charge is 2.46. The van der Waals surface area contributed by atoms with E-state index in [1.54, 1.807) is 36.3 Å². The highest BCUT2D eigenvalue weighted by Crippen LogP contribution is 2.39. The number of ether oxygens (including phenoxy) is 2. The molecule has 2 saturated heterocycles. The van der Waals surface area contributed by atoms with Crippen molar-refractivity contribution in [1.29, 1.82) is 0 Å². The minimum Gasteiger partial charge on any atom is -0.507 e. The molecule has 7 nitrogen and oxygen atoms in total. The second-order valence-electron chi connectivity index (χ2n) is 9.00. The van der Waals surface area contributed by atoms with E-state index in [1.807, 2.05) is 24.3 Å². The van der Waals surface area contributed by atoms with Crippen LogP contribution in [-0.4, -0.2) is 73.1 Å². The minimum absolute atomic E-state index is 0.120. The Morgan fingerprint density at radius 3 is 2.26 bits per heavy atom. The Balaban J connectivity index is 1.72. The first-order valence-electron chi connectivity index (χ1n) is 11.7. The van der Waals surface area contributed by atoms with Crippen LogP contribution in [0.3, 0.4) is 0 Å². The van der Waals surface area contributed by atoms with Gasteiger partial charge in [0.2, 0.25) is 0 Å². The van der Waals surface area contributed by atoms with Gasteiger partial charge in [-0.25, -0.2) is 0 Å². The third kappa shape index (κ3) is 4.86. The van der Waals surface area contributed by atoms with E-state index >= 15 is 0 Å². The topological polar surface area (TPSA) is 79.3 Å². The summed E-state index contributed by atoms with van der Waals surface area (Å²) in [6.07, 6.45) is 0. The molecule has 180 valence electrons. The average molecular weight is 465 g/mol. The van der Waals surface area contributed by atoms with Gasteiger partial charge in [-0.2, -0.15) is 0 Å². The maximum absolute atomic E-state index is 13.2. The van der Waals surface area contributed by atoms with Gasteiger partial charge in [-0.3, -0.25) is 14.5 Å². The van der Waals surface area contributed by atoms with Crippen molar-refractivity contribution in [3.8, 4) is 5.75 Å². The molecule has 0 saturated carbocycles. The summed E-state index contributed by atoms with van der Waals surface area (Å²) in [5.41, 5.74) is 2.56. The summed E-state index contributed by atoms with van der Waals surface area (Å²) in [4.78, 5) is 30.2. The molecule has 2 heterocycles. The lowest BCUT2D eigenvalue weighted by Gasteiger charge is -2.31. The second-order valence-corrected chi connectivity index (χ2v) is 9.00. The lowest BCUT2D eigenvalue weighted by Crippen LogP contribution is -2.42. The Morgan fingerprint density at radius 2 is 1.68 bits per heavy atom. The summed E-state index contributed by atoms with van der Waals surface area (Å²) in [6.45, 7) is 8.18. The van der Waals surface area contributed by atoms with E-state index in [4.69, 9.17) is 9.47 Å². The minimum atomic E-state index is -0.659. The van der Waals surface area contributed by atoms with Gasteiger partial charge >= 0.3 is 0 Å². The zero-order valence-corrected chi connectivity index (χ0v) is 20.0.